The Hall–Kier alpha value is -0.770. The fourth-order valence-corrected chi connectivity index (χ4v) is 8.86. The first-order valence-corrected chi connectivity index (χ1v) is 12.4. The van der Waals surface area contributed by atoms with Crippen LogP contribution >= 0.6 is 0 Å². The zero-order chi connectivity index (χ0) is 24.5. The van der Waals surface area contributed by atoms with Gasteiger partial charge in [0.15, 0.2) is 0 Å². The highest BCUT2D eigenvalue weighted by Crippen LogP contribution is 2.73. The molecule has 5 rings (SSSR count). The number of ether oxygens (including phenoxy) is 2. The highest BCUT2D eigenvalue weighted by Gasteiger charge is 2.83. The molecule has 1 aliphatic heterocycles. The highest BCUT2D eigenvalue weighted by atomic mass is 16.6. The number of carbonyl (C=O) groups is 1. The maximum absolute atomic E-state index is 12.9. The van der Waals surface area contributed by atoms with Gasteiger partial charge in [-0.25, -0.2) is 0 Å². The zero-order valence-corrected chi connectivity index (χ0v) is 20.5. The molecule has 0 aromatic rings. The van der Waals surface area contributed by atoms with Gasteiger partial charge < -0.3 is 35.0 Å². The fraction of sp³-hybridized carbons (Fsp3) is 0.960. The third kappa shape index (κ3) is 2.77. The van der Waals surface area contributed by atoms with Gasteiger partial charge in [-0.05, 0) is 59.3 Å². The molecule has 5 fully saturated rings. The van der Waals surface area contributed by atoms with E-state index in [1.54, 1.807) is 20.8 Å². The lowest BCUT2D eigenvalue weighted by Crippen LogP contribution is -2.63. The van der Waals surface area contributed by atoms with Gasteiger partial charge in [0.2, 0.25) is 0 Å². The molecule has 2 bridgehead atoms. The SMILES string of the molecule is C[C@@H](O)[C@@H](C)C(=O)O[C@@H]1[C@H]2CC[C@H]3[C@@](C)(O)[C@@H]4[C@@H]5O[C@@H]5C(C)(C)[C@@]4(O)[C@H](O)C[C@@]13C[C@]2(C)O. The number of hydrogen-bond acceptors (Lipinski definition) is 8. The van der Waals surface area contributed by atoms with E-state index < -0.39 is 69.7 Å². The van der Waals surface area contributed by atoms with E-state index in [0.29, 0.717) is 12.8 Å². The molecule has 4 saturated carbocycles. The summed E-state index contributed by atoms with van der Waals surface area (Å²) in [5.74, 6) is -2.76. The predicted molar refractivity (Wildman–Crippen MR) is 117 cm³/mol. The summed E-state index contributed by atoms with van der Waals surface area (Å²) in [5.41, 5.74) is -5.83. The van der Waals surface area contributed by atoms with E-state index in [2.05, 4.69) is 0 Å². The van der Waals surface area contributed by atoms with Crippen LogP contribution in [0.15, 0.2) is 0 Å². The average molecular weight is 469 g/mol. The van der Waals surface area contributed by atoms with Crippen molar-refractivity contribution >= 4 is 5.97 Å². The third-order valence-corrected chi connectivity index (χ3v) is 10.7. The lowest BCUT2D eigenvalue weighted by Gasteiger charge is -2.52. The van der Waals surface area contributed by atoms with E-state index in [4.69, 9.17) is 9.47 Å². The molecule has 4 aliphatic carbocycles. The second-order valence-electron chi connectivity index (χ2n) is 12.9. The molecule has 0 radical (unpaired) electrons. The van der Waals surface area contributed by atoms with Gasteiger partial charge in [0, 0.05) is 22.7 Å². The summed E-state index contributed by atoms with van der Waals surface area (Å²) in [6, 6.07) is 0. The first-order valence-electron chi connectivity index (χ1n) is 12.4. The van der Waals surface area contributed by atoms with Crippen LogP contribution in [0.3, 0.4) is 0 Å². The first-order chi connectivity index (χ1) is 15.0. The van der Waals surface area contributed by atoms with E-state index in [-0.39, 0.29) is 31.0 Å². The van der Waals surface area contributed by atoms with Crippen molar-refractivity contribution in [2.75, 3.05) is 0 Å². The lowest BCUT2D eigenvalue weighted by atomic mass is 9.57. The Morgan fingerprint density at radius 1 is 1.09 bits per heavy atom. The summed E-state index contributed by atoms with van der Waals surface area (Å²) in [6.45, 7) is 10.3. The van der Waals surface area contributed by atoms with Gasteiger partial charge in [0.25, 0.3) is 0 Å². The summed E-state index contributed by atoms with van der Waals surface area (Å²) in [5, 5.41) is 57.2. The van der Waals surface area contributed by atoms with Gasteiger partial charge in [-0.1, -0.05) is 13.8 Å². The topological polar surface area (TPSA) is 140 Å². The van der Waals surface area contributed by atoms with Crippen molar-refractivity contribution in [3.05, 3.63) is 0 Å². The summed E-state index contributed by atoms with van der Waals surface area (Å²) < 4.78 is 11.9. The minimum Gasteiger partial charge on any atom is -0.461 e. The minimum atomic E-state index is -1.58. The molecule has 188 valence electrons. The molecular formula is C25H40O8. The number of hydrogen-bond donors (Lipinski definition) is 5. The van der Waals surface area contributed by atoms with Crippen LogP contribution in [-0.2, 0) is 14.3 Å². The molecular weight excluding hydrogens is 428 g/mol. The summed E-state index contributed by atoms with van der Waals surface area (Å²) >= 11 is 0. The first kappa shape index (κ1) is 23.9. The van der Waals surface area contributed by atoms with E-state index in [0.717, 1.165) is 0 Å². The van der Waals surface area contributed by atoms with Crippen LogP contribution in [-0.4, -0.2) is 78.8 Å². The van der Waals surface area contributed by atoms with Gasteiger partial charge in [-0.3, -0.25) is 4.79 Å². The molecule has 13 atom stereocenters. The third-order valence-electron chi connectivity index (χ3n) is 10.7. The Bertz CT molecular complexity index is 851. The number of aliphatic hydroxyl groups is 5. The number of rotatable bonds is 3. The number of fused-ring (bicyclic) bond motifs is 4. The second kappa shape index (κ2) is 6.71. The van der Waals surface area contributed by atoms with Gasteiger partial charge in [0.05, 0.1) is 41.5 Å². The maximum Gasteiger partial charge on any atom is 0.311 e. The van der Waals surface area contributed by atoms with E-state index in [1.165, 1.54) is 6.92 Å². The van der Waals surface area contributed by atoms with Crippen LogP contribution in [0.4, 0.5) is 0 Å². The number of carbonyl (C=O) groups excluding carboxylic acids is 1. The molecule has 0 aromatic heterocycles. The molecule has 1 saturated heterocycles. The normalized spacial score (nSPS) is 57.8. The minimum absolute atomic E-state index is 0.108. The van der Waals surface area contributed by atoms with E-state index in [9.17, 15) is 30.3 Å². The van der Waals surface area contributed by atoms with Crippen LogP contribution in [0.5, 0.6) is 0 Å². The lowest BCUT2D eigenvalue weighted by molar-refractivity contribution is -0.223. The van der Waals surface area contributed by atoms with Crippen LogP contribution in [0.25, 0.3) is 0 Å². The second-order valence-corrected chi connectivity index (χ2v) is 12.9. The number of esters is 1. The number of aliphatic hydroxyl groups excluding tert-OH is 2. The van der Waals surface area contributed by atoms with Crippen molar-refractivity contribution in [1.29, 1.82) is 0 Å². The van der Waals surface area contributed by atoms with Crippen molar-refractivity contribution in [2.45, 2.75) is 115 Å². The molecule has 0 aromatic carbocycles. The average Bonchev–Trinajstić information content (AvgIpc) is 3.42. The van der Waals surface area contributed by atoms with Crippen molar-refractivity contribution in [1.82, 2.24) is 0 Å². The Balaban J connectivity index is 1.62. The maximum atomic E-state index is 12.9. The monoisotopic (exact) mass is 468 g/mol. The number of epoxide rings is 1. The molecule has 0 amide bonds. The van der Waals surface area contributed by atoms with Gasteiger partial charge in [0.1, 0.15) is 11.7 Å². The largest absolute Gasteiger partial charge is 0.461 e. The van der Waals surface area contributed by atoms with Crippen molar-refractivity contribution in [3.63, 3.8) is 0 Å². The van der Waals surface area contributed by atoms with Gasteiger partial charge in [-0.15, -0.1) is 0 Å². The zero-order valence-electron chi connectivity index (χ0n) is 20.5. The standard InChI is InChI=1S/C25H40O8/c1-11(12(2)26)20(28)33-18-13-7-8-14-23(6,30)17-16-19(32-16)21(3,4)25(17,31)15(27)9-24(14,18)10-22(13,5)29/h11-19,26-27,29-31H,7-10H2,1-6H3/t11-,12-,13-,14+,15-,16+,17+,18-,19+,22+,23-,24+,25-/m1/s1. The van der Waals surface area contributed by atoms with Crippen molar-refractivity contribution in [3.8, 4) is 0 Å². The van der Waals surface area contributed by atoms with E-state index >= 15 is 0 Å². The summed E-state index contributed by atoms with van der Waals surface area (Å²) in [4.78, 5) is 12.9. The Morgan fingerprint density at radius 2 is 1.73 bits per heavy atom. The van der Waals surface area contributed by atoms with Crippen LogP contribution < -0.4 is 0 Å². The van der Waals surface area contributed by atoms with Crippen molar-refractivity contribution in [2.24, 2.45) is 34.5 Å². The molecule has 1 heterocycles. The quantitative estimate of drug-likeness (QED) is 0.302. The summed E-state index contributed by atoms with van der Waals surface area (Å²) in [6.07, 6.45) is -1.89. The van der Waals surface area contributed by atoms with Crippen LogP contribution in [0.2, 0.25) is 0 Å². The van der Waals surface area contributed by atoms with Gasteiger partial charge >= 0.3 is 5.97 Å². The van der Waals surface area contributed by atoms with Crippen LogP contribution in [0, 0.1) is 34.5 Å². The molecule has 8 heteroatoms. The van der Waals surface area contributed by atoms with Crippen molar-refractivity contribution < 1.29 is 39.8 Å². The fourth-order valence-electron chi connectivity index (χ4n) is 8.86. The molecule has 5 aliphatic rings. The Labute approximate surface area is 195 Å². The Kier molecular flexibility index (Phi) is 4.87. The molecule has 1 spiro atoms. The van der Waals surface area contributed by atoms with E-state index in [1.807, 2.05) is 13.8 Å². The van der Waals surface area contributed by atoms with Crippen LogP contribution in [0.1, 0.15) is 67.2 Å². The molecule has 8 nitrogen and oxygen atoms in total. The smallest absolute Gasteiger partial charge is 0.311 e. The predicted octanol–water partition coefficient (Wildman–Crippen LogP) is 0.752. The summed E-state index contributed by atoms with van der Waals surface area (Å²) in [7, 11) is 0. The van der Waals surface area contributed by atoms with Gasteiger partial charge in [-0.2, -0.15) is 0 Å². The molecule has 33 heavy (non-hydrogen) atoms. The Morgan fingerprint density at radius 3 is 2.33 bits per heavy atom. The molecule has 0 unspecified atom stereocenters. The molecule has 5 N–H and O–H groups in total. The highest BCUT2D eigenvalue weighted by molar-refractivity contribution is 5.73.